The van der Waals surface area contributed by atoms with Gasteiger partial charge in [-0.05, 0) is 19.1 Å². The fourth-order valence-electron chi connectivity index (χ4n) is 2.77. The van der Waals surface area contributed by atoms with Crippen LogP contribution < -0.4 is 4.90 Å². The van der Waals surface area contributed by atoms with Crippen molar-refractivity contribution in [1.29, 1.82) is 0 Å². The van der Waals surface area contributed by atoms with Crippen LogP contribution in [-0.4, -0.2) is 46.5 Å². The van der Waals surface area contributed by atoms with E-state index in [-0.39, 0.29) is 18.0 Å². The summed E-state index contributed by atoms with van der Waals surface area (Å²) in [5, 5.41) is 0. The summed E-state index contributed by atoms with van der Waals surface area (Å²) >= 11 is 0. The fourth-order valence-corrected chi connectivity index (χ4v) is 2.77. The predicted molar refractivity (Wildman–Crippen MR) is 89.6 cm³/mol. The van der Waals surface area contributed by atoms with E-state index in [1.807, 2.05) is 17.7 Å². The molecule has 1 aliphatic heterocycles. The van der Waals surface area contributed by atoms with E-state index in [4.69, 9.17) is 0 Å². The summed E-state index contributed by atoms with van der Waals surface area (Å²) in [6, 6.07) is 3.04. The Morgan fingerprint density at radius 3 is 2.54 bits per heavy atom. The number of carbonyl (C=O) groups is 1. The van der Waals surface area contributed by atoms with E-state index < -0.39 is 17.5 Å². The summed E-state index contributed by atoms with van der Waals surface area (Å²) in [6.45, 7) is 5.09. The SMILES string of the molecule is CCn1ccnc1N1CCN(C(=O)c2ccc(F)cc2F)CC1.Cl. The highest BCUT2D eigenvalue weighted by Crippen LogP contribution is 2.17. The van der Waals surface area contributed by atoms with Gasteiger partial charge in [-0.1, -0.05) is 0 Å². The third-order valence-electron chi connectivity index (χ3n) is 4.05. The number of nitrogens with zero attached hydrogens (tertiary/aromatic N) is 4. The van der Waals surface area contributed by atoms with E-state index in [0.29, 0.717) is 26.2 Å². The molecule has 2 heterocycles. The molecule has 0 atom stereocenters. The number of benzene rings is 1. The van der Waals surface area contributed by atoms with Gasteiger partial charge >= 0.3 is 0 Å². The normalized spacial score (nSPS) is 14.5. The van der Waals surface area contributed by atoms with Crippen molar-refractivity contribution in [3.63, 3.8) is 0 Å². The van der Waals surface area contributed by atoms with Crippen molar-refractivity contribution in [3.05, 3.63) is 47.8 Å². The molecule has 8 heteroatoms. The van der Waals surface area contributed by atoms with Crippen LogP contribution in [0, 0.1) is 11.6 Å². The zero-order valence-electron chi connectivity index (χ0n) is 13.3. The van der Waals surface area contributed by atoms with Gasteiger partial charge in [-0.3, -0.25) is 4.79 Å². The zero-order valence-corrected chi connectivity index (χ0v) is 14.1. The minimum Gasteiger partial charge on any atom is -0.339 e. The van der Waals surface area contributed by atoms with E-state index in [9.17, 15) is 13.6 Å². The van der Waals surface area contributed by atoms with Gasteiger partial charge in [0.15, 0.2) is 0 Å². The van der Waals surface area contributed by atoms with Gasteiger partial charge in [-0.2, -0.15) is 0 Å². The minimum atomic E-state index is -0.820. The molecule has 0 radical (unpaired) electrons. The summed E-state index contributed by atoms with van der Waals surface area (Å²) in [5.74, 6) is -1.03. The van der Waals surface area contributed by atoms with Gasteiger partial charge in [-0.15, -0.1) is 12.4 Å². The Hall–Kier alpha value is -2.15. The molecule has 1 aromatic carbocycles. The molecule has 0 aliphatic carbocycles. The summed E-state index contributed by atoms with van der Waals surface area (Å²) in [4.78, 5) is 20.4. The molecular weight excluding hydrogens is 338 g/mol. The molecule has 1 aliphatic rings. The highest BCUT2D eigenvalue weighted by Gasteiger charge is 2.25. The lowest BCUT2D eigenvalue weighted by Gasteiger charge is -2.35. The van der Waals surface area contributed by atoms with Gasteiger partial charge in [0.25, 0.3) is 5.91 Å². The number of anilines is 1. The summed E-state index contributed by atoms with van der Waals surface area (Å²) in [6.07, 6.45) is 3.67. The lowest BCUT2D eigenvalue weighted by Crippen LogP contribution is -2.49. The number of imidazole rings is 1. The molecule has 0 N–H and O–H groups in total. The first kappa shape index (κ1) is 18.2. The number of rotatable bonds is 3. The number of carbonyl (C=O) groups excluding carboxylic acids is 1. The largest absolute Gasteiger partial charge is 0.339 e. The molecule has 0 unspecified atom stereocenters. The second-order valence-electron chi connectivity index (χ2n) is 5.42. The van der Waals surface area contributed by atoms with Gasteiger partial charge in [0.1, 0.15) is 11.6 Å². The Labute approximate surface area is 145 Å². The molecule has 130 valence electrons. The molecule has 2 aromatic rings. The smallest absolute Gasteiger partial charge is 0.256 e. The summed E-state index contributed by atoms with van der Waals surface area (Å²) < 4.78 is 28.7. The zero-order chi connectivity index (χ0) is 16.4. The van der Waals surface area contributed by atoms with Crippen LogP contribution >= 0.6 is 12.4 Å². The maximum absolute atomic E-state index is 13.7. The Kier molecular flexibility index (Phi) is 5.77. The number of piperazine rings is 1. The van der Waals surface area contributed by atoms with E-state index >= 15 is 0 Å². The number of aryl methyl sites for hydroxylation is 1. The second-order valence-corrected chi connectivity index (χ2v) is 5.42. The second kappa shape index (κ2) is 7.61. The highest BCUT2D eigenvalue weighted by molar-refractivity contribution is 5.94. The molecule has 1 aromatic heterocycles. The number of halogens is 3. The van der Waals surface area contributed by atoms with Crippen molar-refractivity contribution in [2.45, 2.75) is 13.5 Å². The van der Waals surface area contributed by atoms with Crippen molar-refractivity contribution in [3.8, 4) is 0 Å². The van der Waals surface area contributed by atoms with Crippen LogP contribution in [0.25, 0.3) is 0 Å². The molecule has 0 spiro atoms. The van der Waals surface area contributed by atoms with Crippen LogP contribution in [0.15, 0.2) is 30.6 Å². The molecule has 0 bridgehead atoms. The summed E-state index contributed by atoms with van der Waals surface area (Å²) in [5.41, 5.74) is -0.0880. The van der Waals surface area contributed by atoms with Crippen molar-refractivity contribution in [2.24, 2.45) is 0 Å². The van der Waals surface area contributed by atoms with Crippen molar-refractivity contribution in [1.82, 2.24) is 14.5 Å². The van der Waals surface area contributed by atoms with Crippen LogP contribution in [-0.2, 0) is 6.54 Å². The average Bonchev–Trinajstić information content (AvgIpc) is 3.03. The number of hydrogen-bond donors (Lipinski definition) is 0. The number of amides is 1. The van der Waals surface area contributed by atoms with Gasteiger partial charge in [0, 0.05) is 51.2 Å². The van der Waals surface area contributed by atoms with Gasteiger partial charge < -0.3 is 14.4 Å². The van der Waals surface area contributed by atoms with E-state index in [1.165, 1.54) is 6.07 Å². The van der Waals surface area contributed by atoms with Gasteiger partial charge in [0.05, 0.1) is 5.56 Å². The van der Waals surface area contributed by atoms with Crippen LogP contribution in [0.4, 0.5) is 14.7 Å². The number of aromatic nitrogens is 2. The van der Waals surface area contributed by atoms with E-state index in [0.717, 1.165) is 24.6 Å². The maximum Gasteiger partial charge on any atom is 0.256 e. The van der Waals surface area contributed by atoms with Crippen LogP contribution in [0.3, 0.4) is 0 Å². The van der Waals surface area contributed by atoms with E-state index in [2.05, 4.69) is 9.88 Å². The molecule has 5 nitrogen and oxygen atoms in total. The van der Waals surface area contributed by atoms with Crippen molar-refractivity contribution in [2.75, 3.05) is 31.1 Å². The Balaban J connectivity index is 0.00000208. The molecule has 24 heavy (non-hydrogen) atoms. The lowest BCUT2D eigenvalue weighted by atomic mass is 10.1. The molecule has 1 fully saturated rings. The minimum absolute atomic E-state index is 0. The van der Waals surface area contributed by atoms with Crippen molar-refractivity contribution >= 4 is 24.3 Å². The lowest BCUT2D eigenvalue weighted by molar-refractivity contribution is 0.0741. The Morgan fingerprint density at radius 2 is 1.92 bits per heavy atom. The van der Waals surface area contributed by atoms with Crippen molar-refractivity contribution < 1.29 is 13.6 Å². The first-order chi connectivity index (χ1) is 11.1. The van der Waals surface area contributed by atoms with Crippen LogP contribution in [0.2, 0.25) is 0 Å². The van der Waals surface area contributed by atoms with Crippen LogP contribution in [0.1, 0.15) is 17.3 Å². The van der Waals surface area contributed by atoms with Gasteiger partial charge in [-0.25, -0.2) is 13.8 Å². The fraction of sp³-hybridized carbons (Fsp3) is 0.375. The average molecular weight is 357 g/mol. The highest BCUT2D eigenvalue weighted by atomic mass is 35.5. The standard InChI is InChI=1S/C16H18F2N4O.ClH/c1-2-20-6-5-19-16(20)22-9-7-21(8-10-22)15(23)13-4-3-12(17)11-14(13)18;/h3-6,11H,2,7-10H2,1H3;1H. The quantitative estimate of drug-likeness (QED) is 0.848. The van der Waals surface area contributed by atoms with E-state index in [1.54, 1.807) is 11.1 Å². The van der Waals surface area contributed by atoms with Gasteiger partial charge in [0.2, 0.25) is 5.95 Å². The first-order valence-electron chi connectivity index (χ1n) is 7.60. The van der Waals surface area contributed by atoms with Crippen LogP contribution in [0.5, 0.6) is 0 Å². The topological polar surface area (TPSA) is 41.4 Å². The third kappa shape index (κ3) is 3.51. The summed E-state index contributed by atoms with van der Waals surface area (Å²) in [7, 11) is 0. The Morgan fingerprint density at radius 1 is 1.21 bits per heavy atom. The Bertz CT molecular complexity index is 714. The molecular formula is C16H19ClF2N4O. The molecule has 0 saturated carbocycles. The first-order valence-corrected chi connectivity index (χ1v) is 7.60. The molecule has 1 amide bonds. The number of hydrogen-bond acceptors (Lipinski definition) is 3. The third-order valence-corrected chi connectivity index (χ3v) is 4.05. The molecule has 3 rings (SSSR count). The monoisotopic (exact) mass is 356 g/mol. The maximum atomic E-state index is 13.7. The predicted octanol–water partition coefficient (Wildman–Crippen LogP) is 2.57. The molecule has 1 saturated heterocycles.